The molecule has 2 aliphatic rings. The number of hydrogen-bond acceptors (Lipinski definition) is 7. The van der Waals surface area contributed by atoms with E-state index in [2.05, 4.69) is 15.5 Å². The molecule has 0 aliphatic carbocycles. The summed E-state index contributed by atoms with van der Waals surface area (Å²) in [4.78, 5) is 41.9. The molecule has 152 valence electrons. The molecule has 2 saturated heterocycles. The third kappa shape index (κ3) is 3.59. The highest BCUT2D eigenvalue weighted by molar-refractivity contribution is 8.01. The predicted octanol–water partition coefficient (Wildman–Crippen LogP) is 0.835. The Morgan fingerprint density at radius 3 is 2.72 bits per heavy atom. The van der Waals surface area contributed by atoms with Gasteiger partial charge in [-0.3, -0.25) is 9.59 Å². The minimum absolute atomic E-state index is 0.144. The van der Waals surface area contributed by atoms with Gasteiger partial charge in [0.05, 0.1) is 0 Å². The number of nitrogens with one attached hydrogen (secondary N) is 1. The molecule has 1 aromatic heterocycles. The van der Waals surface area contributed by atoms with Gasteiger partial charge < -0.3 is 19.8 Å². The van der Waals surface area contributed by atoms with Gasteiger partial charge in [-0.05, 0) is 19.4 Å². The van der Waals surface area contributed by atoms with Gasteiger partial charge in [-0.1, -0.05) is 35.5 Å². The fourth-order valence-corrected chi connectivity index (χ4v) is 5.34. The molecular weight excluding hydrogens is 396 g/mol. The van der Waals surface area contributed by atoms with Crippen LogP contribution in [0.2, 0.25) is 0 Å². The number of β-lactam (4-membered cyclic amide) rings is 1. The van der Waals surface area contributed by atoms with Gasteiger partial charge in [-0.2, -0.15) is 4.98 Å². The molecular formula is C19H20N4O5S. The first-order valence-electron chi connectivity index (χ1n) is 9.14. The smallest absolute Gasteiger partial charge is 0.327 e. The highest BCUT2D eigenvalue weighted by atomic mass is 32.2. The van der Waals surface area contributed by atoms with Gasteiger partial charge in [0.15, 0.2) is 5.82 Å². The molecule has 2 amide bonds. The van der Waals surface area contributed by atoms with E-state index >= 15 is 0 Å². The molecule has 4 rings (SSSR count). The van der Waals surface area contributed by atoms with Crippen molar-refractivity contribution in [3.8, 4) is 0 Å². The third-order valence-corrected chi connectivity index (χ3v) is 6.59. The second-order valence-electron chi connectivity index (χ2n) is 7.59. The van der Waals surface area contributed by atoms with Gasteiger partial charge in [0, 0.05) is 11.2 Å². The van der Waals surface area contributed by atoms with Crippen molar-refractivity contribution >= 4 is 29.5 Å². The topological polar surface area (TPSA) is 126 Å². The first-order valence-corrected chi connectivity index (χ1v) is 10.0. The molecule has 0 spiro atoms. The lowest BCUT2D eigenvalue weighted by molar-refractivity contribution is -0.161. The molecule has 0 bridgehead atoms. The molecule has 29 heavy (non-hydrogen) atoms. The number of rotatable bonds is 6. The van der Waals surface area contributed by atoms with Gasteiger partial charge in [-0.15, -0.1) is 11.8 Å². The number of aromatic nitrogens is 2. The summed E-state index contributed by atoms with van der Waals surface area (Å²) < 4.78 is 4.50. The molecule has 0 unspecified atom stereocenters. The normalized spacial score (nSPS) is 24.7. The number of amides is 2. The molecule has 0 radical (unpaired) electrons. The summed E-state index contributed by atoms with van der Waals surface area (Å²) in [6.07, 6.45) is 0.348. The van der Waals surface area contributed by atoms with E-state index in [0.717, 1.165) is 5.56 Å². The van der Waals surface area contributed by atoms with Gasteiger partial charge in [0.25, 0.3) is 0 Å². The van der Waals surface area contributed by atoms with Crippen LogP contribution in [0.5, 0.6) is 0 Å². The van der Waals surface area contributed by atoms with Crippen molar-refractivity contribution in [3.05, 3.63) is 47.6 Å². The summed E-state index contributed by atoms with van der Waals surface area (Å²) in [5.41, 5.74) is 1.03. The summed E-state index contributed by atoms with van der Waals surface area (Å²) in [6.45, 7) is 3.57. The molecule has 9 nitrogen and oxygen atoms in total. The zero-order valence-corrected chi connectivity index (χ0v) is 16.7. The van der Waals surface area contributed by atoms with Crippen LogP contribution in [-0.2, 0) is 27.2 Å². The van der Waals surface area contributed by atoms with E-state index < -0.39 is 28.7 Å². The summed E-state index contributed by atoms with van der Waals surface area (Å²) in [6, 6.07) is 7.99. The highest BCUT2D eigenvalue weighted by Crippen LogP contribution is 2.50. The number of carboxylic acid groups (broad SMARTS) is 1. The Labute approximate surface area is 170 Å². The van der Waals surface area contributed by atoms with Gasteiger partial charge in [0.2, 0.25) is 17.7 Å². The molecule has 2 aromatic rings. The SMILES string of the molecule is CC1(C)S[C@@H]2[C@H](NC(=O)Cc3nc(Cc4ccccc4)no3)C(=O)N2[C@H]1C(=O)O. The minimum Gasteiger partial charge on any atom is -0.480 e. The van der Waals surface area contributed by atoms with Gasteiger partial charge in [-0.25, -0.2) is 4.79 Å². The zero-order valence-electron chi connectivity index (χ0n) is 15.9. The minimum atomic E-state index is -1.04. The Morgan fingerprint density at radius 2 is 2.03 bits per heavy atom. The standard InChI is InChI=1S/C19H20N4O5S/c1-19(2)15(18(26)27)23-16(25)14(17(23)29-19)21-12(24)9-13-20-11(22-28-13)8-10-6-4-3-5-7-10/h3-7,14-15,17H,8-9H2,1-2H3,(H,21,24)(H,26,27)/t14-,15+,17-/m1/s1. The molecule has 3 atom stereocenters. The van der Waals surface area contributed by atoms with Crippen molar-refractivity contribution in [2.24, 2.45) is 0 Å². The fourth-order valence-electron chi connectivity index (χ4n) is 3.72. The van der Waals surface area contributed by atoms with Crippen molar-refractivity contribution < 1.29 is 24.0 Å². The van der Waals surface area contributed by atoms with Crippen LogP contribution in [0.15, 0.2) is 34.9 Å². The maximum Gasteiger partial charge on any atom is 0.327 e. The van der Waals surface area contributed by atoms with Crippen LogP contribution >= 0.6 is 11.8 Å². The third-order valence-electron chi connectivity index (χ3n) is 5.02. The Bertz CT molecular complexity index is 961. The number of thioether (sulfide) groups is 1. The Kier molecular flexibility index (Phi) is 4.81. The van der Waals surface area contributed by atoms with Crippen molar-refractivity contribution in [2.45, 2.75) is 48.9 Å². The number of aliphatic carboxylic acids is 1. The van der Waals surface area contributed by atoms with E-state index in [4.69, 9.17) is 4.52 Å². The van der Waals surface area contributed by atoms with E-state index in [1.54, 1.807) is 13.8 Å². The molecule has 2 fully saturated rings. The molecule has 10 heteroatoms. The van der Waals surface area contributed by atoms with E-state index in [1.165, 1.54) is 16.7 Å². The van der Waals surface area contributed by atoms with Crippen molar-refractivity contribution in [1.29, 1.82) is 0 Å². The number of carbonyl (C=O) groups excluding carboxylic acids is 2. The largest absolute Gasteiger partial charge is 0.480 e. The van der Waals surface area contributed by atoms with Crippen LogP contribution in [0.25, 0.3) is 0 Å². The van der Waals surface area contributed by atoms with Crippen molar-refractivity contribution in [2.75, 3.05) is 0 Å². The summed E-state index contributed by atoms with van der Waals surface area (Å²) >= 11 is 1.38. The number of fused-ring (bicyclic) bond motifs is 1. The first-order chi connectivity index (χ1) is 13.8. The average Bonchev–Trinajstić information content (AvgIpc) is 3.20. The first kappa shape index (κ1) is 19.4. The molecule has 1 aromatic carbocycles. The Balaban J connectivity index is 1.35. The van der Waals surface area contributed by atoms with Crippen LogP contribution in [-0.4, -0.2) is 60.1 Å². The monoisotopic (exact) mass is 416 g/mol. The summed E-state index contributed by atoms with van der Waals surface area (Å²) in [5, 5.41) is 15.6. The lowest BCUT2D eigenvalue weighted by Gasteiger charge is -2.43. The predicted molar refractivity (Wildman–Crippen MR) is 103 cm³/mol. The average molecular weight is 416 g/mol. The number of nitrogens with zero attached hydrogens (tertiary/aromatic N) is 3. The molecule has 2 aliphatic heterocycles. The maximum atomic E-state index is 12.4. The van der Waals surface area contributed by atoms with Gasteiger partial charge >= 0.3 is 5.97 Å². The van der Waals surface area contributed by atoms with Crippen LogP contribution in [0, 0.1) is 0 Å². The Morgan fingerprint density at radius 1 is 1.31 bits per heavy atom. The van der Waals surface area contributed by atoms with Crippen molar-refractivity contribution in [1.82, 2.24) is 20.4 Å². The molecule has 2 N–H and O–H groups in total. The summed E-state index contributed by atoms with van der Waals surface area (Å²) in [5.74, 6) is -1.21. The van der Waals surface area contributed by atoms with Crippen LogP contribution in [0.3, 0.4) is 0 Å². The number of carboxylic acids is 1. The van der Waals surface area contributed by atoms with E-state index in [9.17, 15) is 19.5 Å². The molecule has 0 saturated carbocycles. The summed E-state index contributed by atoms with van der Waals surface area (Å²) in [7, 11) is 0. The molecule has 3 heterocycles. The zero-order chi connectivity index (χ0) is 20.8. The van der Waals surface area contributed by atoms with Crippen LogP contribution in [0.1, 0.15) is 31.1 Å². The van der Waals surface area contributed by atoms with Crippen LogP contribution in [0.4, 0.5) is 0 Å². The second kappa shape index (κ2) is 7.18. The second-order valence-corrected chi connectivity index (χ2v) is 9.36. The number of benzene rings is 1. The lowest BCUT2D eigenvalue weighted by atomic mass is 9.96. The van der Waals surface area contributed by atoms with Gasteiger partial charge in [0.1, 0.15) is 23.9 Å². The highest BCUT2D eigenvalue weighted by Gasteiger charge is 2.64. The quantitative estimate of drug-likeness (QED) is 0.664. The van der Waals surface area contributed by atoms with Crippen LogP contribution < -0.4 is 5.32 Å². The van der Waals surface area contributed by atoms with E-state index in [0.29, 0.717) is 12.2 Å². The fraction of sp³-hybridized carbons (Fsp3) is 0.421. The number of hydrogen-bond donors (Lipinski definition) is 2. The maximum absolute atomic E-state index is 12.4. The number of carbonyl (C=O) groups is 3. The van der Waals surface area contributed by atoms with Crippen molar-refractivity contribution in [3.63, 3.8) is 0 Å². The lowest BCUT2D eigenvalue weighted by Crippen LogP contribution is -2.70. The van der Waals surface area contributed by atoms with E-state index in [-0.39, 0.29) is 23.6 Å². The van der Waals surface area contributed by atoms with E-state index in [1.807, 2.05) is 30.3 Å². The Hall–Kier alpha value is -2.88.